The van der Waals surface area contributed by atoms with Crippen LogP contribution in [0.1, 0.15) is 24.8 Å². The van der Waals surface area contributed by atoms with Crippen LogP contribution in [0.15, 0.2) is 33.6 Å². The van der Waals surface area contributed by atoms with Crippen LogP contribution < -0.4 is 5.73 Å². The zero-order valence-corrected chi connectivity index (χ0v) is 17.5. The van der Waals surface area contributed by atoms with E-state index in [4.69, 9.17) is 10.5 Å². The highest BCUT2D eigenvalue weighted by atomic mass is 35.5. The number of amides is 1. The summed E-state index contributed by atoms with van der Waals surface area (Å²) in [6.45, 7) is 2.64. The molecular weight excluding hydrogens is 404 g/mol. The molecule has 156 valence electrons. The molecule has 0 atom stereocenters. The second-order valence-corrected chi connectivity index (χ2v) is 8.41. The van der Waals surface area contributed by atoms with Crippen molar-refractivity contribution in [2.75, 3.05) is 39.8 Å². The lowest BCUT2D eigenvalue weighted by Crippen LogP contribution is -2.46. The lowest BCUT2D eigenvalue weighted by atomic mass is 10.1. The molecular formula is C18H27ClN4O4S. The number of piperidine rings is 1. The summed E-state index contributed by atoms with van der Waals surface area (Å²) >= 11 is 0. The van der Waals surface area contributed by atoms with E-state index >= 15 is 0 Å². The predicted molar refractivity (Wildman–Crippen MR) is 109 cm³/mol. The van der Waals surface area contributed by atoms with Gasteiger partial charge in [-0.3, -0.25) is 4.79 Å². The van der Waals surface area contributed by atoms with E-state index in [1.807, 2.05) is 0 Å². The molecule has 0 saturated carbocycles. The molecule has 1 amide bonds. The van der Waals surface area contributed by atoms with Gasteiger partial charge in [0.15, 0.2) is 5.84 Å². The molecule has 2 aliphatic heterocycles. The van der Waals surface area contributed by atoms with Crippen molar-refractivity contribution in [2.24, 2.45) is 10.1 Å². The first-order chi connectivity index (χ1) is 12.9. The predicted octanol–water partition coefficient (Wildman–Crippen LogP) is 0.846. The molecule has 0 unspecified atom stereocenters. The first-order valence-corrected chi connectivity index (χ1v) is 10.6. The molecule has 2 aliphatic rings. The van der Waals surface area contributed by atoms with Gasteiger partial charge in [0.05, 0.1) is 12.6 Å². The van der Waals surface area contributed by atoms with Gasteiger partial charge in [0.1, 0.15) is 4.90 Å². The molecule has 10 heteroatoms. The van der Waals surface area contributed by atoms with Gasteiger partial charge in [0.25, 0.3) is 10.0 Å². The number of likely N-dealkylation sites (tertiary alicyclic amines) is 1. The van der Waals surface area contributed by atoms with Crippen molar-refractivity contribution in [3.05, 3.63) is 29.8 Å². The number of ether oxygens (including phenoxy) is 1. The van der Waals surface area contributed by atoms with Crippen molar-refractivity contribution in [2.45, 2.75) is 30.3 Å². The smallest absolute Gasteiger partial charge is 0.285 e. The third-order valence-corrected chi connectivity index (χ3v) is 6.17. The number of hydrogen-bond acceptors (Lipinski definition) is 6. The van der Waals surface area contributed by atoms with Crippen molar-refractivity contribution in [3.8, 4) is 0 Å². The lowest BCUT2D eigenvalue weighted by molar-refractivity contribution is -0.134. The molecule has 1 saturated heterocycles. The van der Waals surface area contributed by atoms with Crippen LogP contribution in [0.2, 0.25) is 0 Å². The molecule has 0 aromatic heterocycles. The van der Waals surface area contributed by atoms with Crippen molar-refractivity contribution >= 4 is 34.2 Å². The van der Waals surface area contributed by atoms with Gasteiger partial charge in [-0.25, -0.2) is 0 Å². The van der Waals surface area contributed by atoms with E-state index in [-0.39, 0.29) is 35.9 Å². The highest BCUT2D eigenvalue weighted by molar-refractivity contribution is 7.90. The van der Waals surface area contributed by atoms with Crippen molar-refractivity contribution in [1.82, 2.24) is 9.80 Å². The summed E-state index contributed by atoms with van der Waals surface area (Å²) in [5.41, 5.74) is 6.01. The van der Waals surface area contributed by atoms with E-state index in [2.05, 4.69) is 4.40 Å². The van der Waals surface area contributed by atoms with Gasteiger partial charge in [0.2, 0.25) is 5.91 Å². The lowest BCUT2D eigenvalue weighted by Gasteiger charge is -2.33. The Kier molecular flexibility index (Phi) is 7.82. The Bertz CT molecular complexity index is 823. The monoisotopic (exact) mass is 430 g/mol. The molecule has 28 heavy (non-hydrogen) atoms. The maximum absolute atomic E-state index is 12.6. The number of carbonyl (C=O) groups is 1. The SMILES string of the molecule is CN(CC(=O)N1CCC(OCCCN)CC1)C1=NS(=O)(=O)c2ccccc21.Cl. The highest BCUT2D eigenvalue weighted by Gasteiger charge is 2.32. The van der Waals surface area contributed by atoms with E-state index in [0.29, 0.717) is 37.6 Å². The molecule has 1 aromatic carbocycles. The number of hydrogen-bond donors (Lipinski definition) is 1. The van der Waals surface area contributed by atoms with Gasteiger partial charge in [-0.05, 0) is 37.9 Å². The summed E-state index contributed by atoms with van der Waals surface area (Å²) in [7, 11) is -1.99. The van der Waals surface area contributed by atoms with Crippen LogP contribution in [0.25, 0.3) is 0 Å². The van der Waals surface area contributed by atoms with Crippen LogP contribution in [-0.4, -0.2) is 75.9 Å². The standard InChI is InChI=1S/C18H26N4O4S.ClH/c1-21(18-15-5-2-3-6-16(15)27(24,25)20-18)13-17(23)22-10-7-14(8-11-22)26-12-4-9-19;/h2-3,5-6,14H,4,7-13,19H2,1H3;1H. The molecule has 0 aliphatic carbocycles. The minimum atomic E-state index is -3.68. The molecule has 2 N–H and O–H groups in total. The van der Waals surface area contributed by atoms with E-state index in [0.717, 1.165) is 19.3 Å². The van der Waals surface area contributed by atoms with E-state index in [9.17, 15) is 13.2 Å². The number of sulfonamides is 1. The summed E-state index contributed by atoms with van der Waals surface area (Å²) in [6.07, 6.45) is 2.63. The Hall–Kier alpha value is -1.68. The number of halogens is 1. The van der Waals surface area contributed by atoms with Gasteiger partial charge < -0.3 is 20.3 Å². The molecule has 3 rings (SSSR count). The molecule has 0 radical (unpaired) electrons. The van der Waals surface area contributed by atoms with E-state index in [1.165, 1.54) is 6.07 Å². The topological polar surface area (TPSA) is 105 Å². The van der Waals surface area contributed by atoms with E-state index < -0.39 is 10.0 Å². The van der Waals surface area contributed by atoms with Gasteiger partial charge in [-0.1, -0.05) is 12.1 Å². The first kappa shape index (κ1) is 22.6. The second kappa shape index (κ2) is 9.69. The number of likely N-dealkylation sites (N-methyl/N-ethyl adjacent to an activating group) is 1. The number of nitrogens with two attached hydrogens (primary N) is 1. The minimum absolute atomic E-state index is 0. The van der Waals surface area contributed by atoms with Crippen LogP contribution in [0, 0.1) is 0 Å². The third-order valence-electron chi connectivity index (χ3n) is 4.84. The number of fused-ring (bicyclic) bond motifs is 1. The highest BCUT2D eigenvalue weighted by Crippen LogP contribution is 2.27. The van der Waals surface area contributed by atoms with Gasteiger partial charge in [-0.15, -0.1) is 16.8 Å². The molecule has 0 spiro atoms. The van der Waals surface area contributed by atoms with Gasteiger partial charge in [-0.2, -0.15) is 8.42 Å². The average molecular weight is 431 g/mol. The summed E-state index contributed by atoms with van der Waals surface area (Å²) in [4.78, 5) is 16.2. The molecule has 0 bridgehead atoms. The number of nitrogens with zero attached hydrogens (tertiary/aromatic N) is 3. The first-order valence-electron chi connectivity index (χ1n) is 9.17. The number of carbonyl (C=O) groups excluding carboxylic acids is 1. The number of amidine groups is 1. The zero-order chi connectivity index (χ0) is 19.4. The van der Waals surface area contributed by atoms with Crippen molar-refractivity contribution in [1.29, 1.82) is 0 Å². The minimum Gasteiger partial charge on any atom is -0.378 e. The van der Waals surface area contributed by atoms with E-state index in [1.54, 1.807) is 35.0 Å². The van der Waals surface area contributed by atoms with Crippen LogP contribution in [-0.2, 0) is 19.6 Å². The third kappa shape index (κ3) is 5.02. The summed E-state index contributed by atoms with van der Waals surface area (Å²) in [6, 6.07) is 6.68. The van der Waals surface area contributed by atoms with Crippen molar-refractivity contribution < 1.29 is 17.9 Å². The second-order valence-electron chi connectivity index (χ2n) is 6.84. The van der Waals surface area contributed by atoms with Crippen LogP contribution in [0.5, 0.6) is 0 Å². The van der Waals surface area contributed by atoms with Crippen molar-refractivity contribution in [3.63, 3.8) is 0 Å². The van der Waals surface area contributed by atoms with Gasteiger partial charge >= 0.3 is 0 Å². The fourth-order valence-corrected chi connectivity index (χ4v) is 4.60. The fraction of sp³-hybridized carbons (Fsp3) is 0.556. The maximum Gasteiger partial charge on any atom is 0.285 e. The molecule has 8 nitrogen and oxygen atoms in total. The van der Waals surface area contributed by atoms with Crippen LogP contribution in [0.4, 0.5) is 0 Å². The quantitative estimate of drug-likeness (QED) is 0.670. The Morgan fingerprint density at radius 1 is 1.32 bits per heavy atom. The largest absolute Gasteiger partial charge is 0.378 e. The van der Waals surface area contributed by atoms with Crippen LogP contribution >= 0.6 is 12.4 Å². The molecule has 2 heterocycles. The van der Waals surface area contributed by atoms with Crippen LogP contribution in [0.3, 0.4) is 0 Å². The Morgan fingerprint density at radius 3 is 2.68 bits per heavy atom. The average Bonchev–Trinajstić information content (AvgIpc) is 2.94. The number of rotatable bonds is 6. The Balaban J connectivity index is 0.00000280. The Morgan fingerprint density at radius 2 is 2.00 bits per heavy atom. The number of benzene rings is 1. The summed E-state index contributed by atoms with van der Waals surface area (Å²) in [5, 5.41) is 0. The fourth-order valence-electron chi connectivity index (χ4n) is 3.35. The zero-order valence-electron chi connectivity index (χ0n) is 15.9. The summed E-state index contributed by atoms with van der Waals surface area (Å²) < 4.78 is 34.0. The normalized spacial score (nSPS) is 18.2. The van der Waals surface area contributed by atoms with Gasteiger partial charge in [0, 0.05) is 32.3 Å². The summed E-state index contributed by atoms with van der Waals surface area (Å²) in [5.74, 6) is 0.279. The maximum atomic E-state index is 12.6. The Labute approximate surface area is 172 Å². The molecule has 1 aromatic rings. The molecule has 1 fully saturated rings.